The molecule has 0 saturated heterocycles. The first-order valence-corrected chi connectivity index (χ1v) is 12.8. The van der Waals surface area contributed by atoms with Gasteiger partial charge in [-0.15, -0.1) is 0 Å². The molecule has 0 radical (unpaired) electrons. The van der Waals surface area contributed by atoms with Crippen LogP contribution in [0, 0.1) is 13.8 Å². The molecule has 0 aliphatic rings. The Morgan fingerprint density at radius 2 is 1.53 bits per heavy atom. The molecule has 0 aromatic heterocycles. The highest BCUT2D eigenvalue weighted by Gasteiger charge is 2.30. The number of ether oxygens (including phenoxy) is 1. The lowest BCUT2D eigenvalue weighted by atomic mass is 10.0. The number of halogens is 1. The second kappa shape index (κ2) is 13.7. The van der Waals surface area contributed by atoms with E-state index in [0.29, 0.717) is 30.3 Å². The van der Waals surface area contributed by atoms with E-state index in [1.54, 1.807) is 4.90 Å². The molecule has 2 amide bonds. The summed E-state index contributed by atoms with van der Waals surface area (Å²) in [5.74, 6) is 0.167. The SMILES string of the molecule is CCCCNC(=O)C(Cc1ccccc1)N(Cc1ccccc1)C(=O)COc1cc(C)c(Cl)c(C)c1. The summed E-state index contributed by atoms with van der Waals surface area (Å²) < 4.78 is 5.90. The fraction of sp³-hybridized carbons (Fsp3) is 0.333. The molecule has 0 aliphatic carbocycles. The second-order valence-corrected chi connectivity index (χ2v) is 9.40. The maximum absolute atomic E-state index is 13.6. The van der Waals surface area contributed by atoms with Crippen LogP contribution in [0.25, 0.3) is 0 Å². The molecule has 6 heteroatoms. The Kier molecular flexibility index (Phi) is 10.4. The Labute approximate surface area is 219 Å². The third-order valence-electron chi connectivity index (χ3n) is 6.07. The topological polar surface area (TPSA) is 58.6 Å². The lowest BCUT2D eigenvalue weighted by Crippen LogP contribution is -2.51. The molecular formula is C30H35ClN2O3. The van der Waals surface area contributed by atoms with E-state index in [1.807, 2.05) is 86.6 Å². The highest BCUT2D eigenvalue weighted by molar-refractivity contribution is 6.32. The normalized spacial score (nSPS) is 11.6. The molecule has 36 heavy (non-hydrogen) atoms. The van der Waals surface area contributed by atoms with E-state index in [-0.39, 0.29) is 18.4 Å². The summed E-state index contributed by atoms with van der Waals surface area (Å²) in [5, 5.41) is 3.72. The molecule has 3 aromatic rings. The summed E-state index contributed by atoms with van der Waals surface area (Å²) in [7, 11) is 0. The van der Waals surface area contributed by atoms with Gasteiger partial charge in [-0.1, -0.05) is 85.6 Å². The van der Waals surface area contributed by atoms with Gasteiger partial charge in [0, 0.05) is 24.5 Å². The molecule has 3 aromatic carbocycles. The first-order valence-electron chi connectivity index (χ1n) is 12.4. The number of carbonyl (C=O) groups excluding carboxylic acids is 2. The van der Waals surface area contributed by atoms with Crippen molar-refractivity contribution in [3.8, 4) is 5.75 Å². The van der Waals surface area contributed by atoms with Crippen molar-refractivity contribution in [1.82, 2.24) is 10.2 Å². The van der Waals surface area contributed by atoms with Crippen molar-refractivity contribution in [2.24, 2.45) is 0 Å². The minimum atomic E-state index is -0.672. The van der Waals surface area contributed by atoms with Gasteiger partial charge in [-0.2, -0.15) is 0 Å². The maximum Gasteiger partial charge on any atom is 0.261 e. The number of unbranched alkanes of at least 4 members (excludes halogenated alkanes) is 1. The number of hydrogen-bond acceptors (Lipinski definition) is 3. The number of benzene rings is 3. The molecule has 5 nitrogen and oxygen atoms in total. The van der Waals surface area contributed by atoms with Crippen molar-refractivity contribution < 1.29 is 14.3 Å². The van der Waals surface area contributed by atoms with Crippen LogP contribution < -0.4 is 10.1 Å². The molecule has 1 atom stereocenters. The standard InChI is InChI=1S/C30H35ClN2O3/c1-4-5-16-32-30(35)27(19-24-12-8-6-9-13-24)33(20-25-14-10-7-11-15-25)28(34)21-36-26-17-22(2)29(31)23(3)18-26/h6-15,17-18,27H,4-5,16,19-21H2,1-3H3,(H,32,35). The van der Waals surface area contributed by atoms with Crippen LogP contribution in [0.1, 0.15) is 42.0 Å². The van der Waals surface area contributed by atoms with Gasteiger partial charge in [-0.25, -0.2) is 0 Å². The number of hydrogen-bond donors (Lipinski definition) is 1. The van der Waals surface area contributed by atoms with E-state index in [1.165, 1.54) is 0 Å². The van der Waals surface area contributed by atoms with Gasteiger partial charge in [0.05, 0.1) is 0 Å². The molecular weight excluding hydrogens is 472 g/mol. The van der Waals surface area contributed by atoms with Crippen LogP contribution in [0.5, 0.6) is 5.75 Å². The average molecular weight is 507 g/mol. The zero-order valence-corrected chi connectivity index (χ0v) is 22.1. The first kappa shape index (κ1) is 27.3. The van der Waals surface area contributed by atoms with Gasteiger partial charge >= 0.3 is 0 Å². The highest BCUT2D eigenvalue weighted by Crippen LogP contribution is 2.26. The summed E-state index contributed by atoms with van der Waals surface area (Å²) in [5.41, 5.74) is 3.71. The molecule has 0 fully saturated rings. The van der Waals surface area contributed by atoms with E-state index in [9.17, 15) is 9.59 Å². The van der Waals surface area contributed by atoms with Crippen LogP contribution in [0.4, 0.5) is 0 Å². The number of nitrogens with one attached hydrogen (secondary N) is 1. The minimum Gasteiger partial charge on any atom is -0.484 e. The Bertz CT molecular complexity index is 1110. The highest BCUT2D eigenvalue weighted by atomic mass is 35.5. The largest absolute Gasteiger partial charge is 0.484 e. The molecule has 1 unspecified atom stereocenters. The van der Waals surface area contributed by atoms with Crippen molar-refractivity contribution in [3.05, 3.63) is 100 Å². The summed E-state index contributed by atoms with van der Waals surface area (Å²) >= 11 is 6.28. The van der Waals surface area contributed by atoms with Crippen LogP contribution in [0.3, 0.4) is 0 Å². The molecule has 0 saturated carbocycles. The lowest BCUT2D eigenvalue weighted by Gasteiger charge is -2.31. The fourth-order valence-corrected chi connectivity index (χ4v) is 4.17. The number of nitrogens with zero attached hydrogens (tertiary/aromatic N) is 1. The maximum atomic E-state index is 13.6. The third kappa shape index (κ3) is 7.85. The molecule has 0 aliphatic heterocycles. The summed E-state index contributed by atoms with van der Waals surface area (Å²) in [6, 6.07) is 22.5. The van der Waals surface area contributed by atoms with Crippen LogP contribution in [0.15, 0.2) is 72.8 Å². The van der Waals surface area contributed by atoms with Gasteiger partial charge in [0.2, 0.25) is 5.91 Å². The van der Waals surface area contributed by atoms with E-state index in [2.05, 4.69) is 12.2 Å². The van der Waals surface area contributed by atoms with Crippen molar-refractivity contribution in [2.45, 2.75) is 52.6 Å². The number of aryl methyl sites for hydroxylation is 2. The Morgan fingerprint density at radius 3 is 2.11 bits per heavy atom. The summed E-state index contributed by atoms with van der Waals surface area (Å²) in [6.07, 6.45) is 2.27. The molecule has 3 rings (SSSR count). The second-order valence-electron chi connectivity index (χ2n) is 9.02. The first-order chi connectivity index (χ1) is 17.4. The fourth-order valence-electron chi connectivity index (χ4n) is 4.06. The van der Waals surface area contributed by atoms with Gasteiger partial charge in [-0.3, -0.25) is 9.59 Å². The van der Waals surface area contributed by atoms with Crippen LogP contribution in [0.2, 0.25) is 5.02 Å². The summed E-state index contributed by atoms with van der Waals surface area (Å²) in [4.78, 5) is 28.7. The molecule has 0 heterocycles. The quantitative estimate of drug-likeness (QED) is 0.311. The smallest absolute Gasteiger partial charge is 0.261 e. The van der Waals surface area contributed by atoms with Crippen molar-refractivity contribution >= 4 is 23.4 Å². The predicted molar refractivity (Wildman–Crippen MR) is 145 cm³/mol. The van der Waals surface area contributed by atoms with Gasteiger partial charge < -0.3 is 15.0 Å². The third-order valence-corrected chi connectivity index (χ3v) is 6.66. The van der Waals surface area contributed by atoms with Crippen LogP contribution in [-0.4, -0.2) is 35.9 Å². The molecule has 190 valence electrons. The average Bonchev–Trinajstić information content (AvgIpc) is 2.89. The molecule has 1 N–H and O–H groups in total. The number of rotatable bonds is 12. The van der Waals surface area contributed by atoms with Gasteiger partial charge in [0.25, 0.3) is 5.91 Å². The zero-order chi connectivity index (χ0) is 25.9. The van der Waals surface area contributed by atoms with E-state index >= 15 is 0 Å². The number of carbonyl (C=O) groups is 2. The summed E-state index contributed by atoms with van der Waals surface area (Å²) in [6.45, 7) is 6.59. The Hall–Kier alpha value is -3.31. The molecule has 0 bridgehead atoms. The van der Waals surface area contributed by atoms with E-state index < -0.39 is 6.04 Å². The Morgan fingerprint density at radius 1 is 0.944 bits per heavy atom. The van der Waals surface area contributed by atoms with Crippen molar-refractivity contribution in [1.29, 1.82) is 0 Å². The van der Waals surface area contributed by atoms with Crippen LogP contribution in [-0.2, 0) is 22.6 Å². The molecule has 0 spiro atoms. The van der Waals surface area contributed by atoms with Crippen LogP contribution >= 0.6 is 11.6 Å². The van der Waals surface area contributed by atoms with Gasteiger partial charge in [0.15, 0.2) is 6.61 Å². The monoisotopic (exact) mass is 506 g/mol. The minimum absolute atomic E-state index is 0.158. The van der Waals surface area contributed by atoms with Crippen molar-refractivity contribution in [2.75, 3.05) is 13.2 Å². The lowest BCUT2D eigenvalue weighted by molar-refractivity contribution is -0.142. The van der Waals surface area contributed by atoms with Crippen molar-refractivity contribution in [3.63, 3.8) is 0 Å². The zero-order valence-electron chi connectivity index (χ0n) is 21.3. The Balaban J connectivity index is 1.87. The number of amides is 2. The predicted octanol–water partition coefficient (Wildman–Crippen LogP) is 5.89. The van der Waals surface area contributed by atoms with E-state index in [4.69, 9.17) is 16.3 Å². The van der Waals surface area contributed by atoms with Gasteiger partial charge in [-0.05, 0) is 54.7 Å². The van der Waals surface area contributed by atoms with E-state index in [0.717, 1.165) is 35.1 Å². The van der Waals surface area contributed by atoms with Gasteiger partial charge in [0.1, 0.15) is 11.8 Å².